The van der Waals surface area contributed by atoms with Gasteiger partial charge in [0.05, 0.1) is 18.8 Å². The SMILES string of the molecule is CCOC(=O)c1cc(C=CCO)ccc1N. The number of benzene rings is 1. The van der Waals surface area contributed by atoms with Gasteiger partial charge in [-0.25, -0.2) is 4.79 Å². The average Bonchev–Trinajstić information content (AvgIpc) is 2.28. The Morgan fingerprint density at radius 2 is 2.31 bits per heavy atom. The highest BCUT2D eigenvalue weighted by Gasteiger charge is 2.10. The predicted octanol–water partition coefficient (Wildman–Crippen LogP) is 1.45. The van der Waals surface area contributed by atoms with Gasteiger partial charge in [0.15, 0.2) is 0 Å². The van der Waals surface area contributed by atoms with Crippen LogP contribution >= 0.6 is 0 Å². The number of ether oxygens (including phenoxy) is 1. The van der Waals surface area contributed by atoms with E-state index in [4.69, 9.17) is 15.6 Å². The molecule has 4 nitrogen and oxygen atoms in total. The molecule has 1 rings (SSSR count). The summed E-state index contributed by atoms with van der Waals surface area (Å²) in [6, 6.07) is 5.05. The van der Waals surface area contributed by atoms with Crippen molar-refractivity contribution in [3.63, 3.8) is 0 Å². The van der Waals surface area contributed by atoms with Crippen molar-refractivity contribution in [2.24, 2.45) is 0 Å². The van der Waals surface area contributed by atoms with E-state index in [9.17, 15) is 4.79 Å². The summed E-state index contributed by atoms with van der Waals surface area (Å²) in [5, 5.41) is 8.64. The maximum Gasteiger partial charge on any atom is 0.340 e. The summed E-state index contributed by atoms with van der Waals surface area (Å²) in [4.78, 5) is 11.5. The van der Waals surface area contributed by atoms with Crippen molar-refractivity contribution in [3.05, 3.63) is 35.4 Å². The molecule has 0 aliphatic carbocycles. The minimum Gasteiger partial charge on any atom is -0.462 e. The number of hydrogen-bond donors (Lipinski definition) is 2. The second-order valence-electron chi connectivity index (χ2n) is 3.15. The quantitative estimate of drug-likeness (QED) is 0.596. The van der Waals surface area contributed by atoms with E-state index >= 15 is 0 Å². The van der Waals surface area contributed by atoms with E-state index < -0.39 is 5.97 Å². The number of anilines is 1. The number of carbonyl (C=O) groups is 1. The van der Waals surface area contributed by atoms with Crippen LogP contribution in [0.25, 0.3) is 6.08 Å². The lowest BCUT2D eigenvalue weighted by Gasteiger charge is -2.06. The molecule has 0 heterocycles. The number of aliphatic hydroxyl groups excluding tert-OH is 1. The number of rotatable bonds is 4. The van der Waals surface area contributed by atoms with Crippen LogP contribution in [0.5, 0.6) is 0 Å². The first-order chi connectivity index (χ1) is 7.69. The summed E-state index contributed by atoms with van der Waals surface area (Å²) in [7, 11) is 0. The topological polar surface area (TPSA) is 72.5 Å². The second-order valence-corrected chi connectivity index (χ2v) is 3.15. The predicted molar refractivity (Wildman–Crippen MR) is 62.9 cm³/mol. The fraction of sp³-hybridized carbons (Fsp3) is 0.250. The molecule has 0 amide bonds. The van der Waals surface area contributed by atoms with Crippen molar-refractivity contribution in [2.75, 3.05) is 18.9 Å². The number of nitrogen functional groups attached to an aromatic ring is 1. The maximum absolute atomic E-state index is 11.5. The molecule has 0 saturated heterocycles. The van der Waals surface area contributed by atoms with Crippen molar-refractivity contribution in [1.29, 1.82) is 0 Å². The molecule has 16 heavy (non-hydrogen) atoms. The van der Waals surface area contributed by atoms with Crippen LogP contribution in [0.1, 0.15) is 22.8 Å². The molecule has 0 saturated carbocycles. The van der Waals surface area contributed by atoms with Crippen LogP contribution in [-0.2, 0) is 4.74 Å². The Balaban J connectivity index is 2.98. The lowest BCUT2D eigenvalue weighted by atomic mass is 10.1. The number of hydrogen-bond acceptors (Lipinski definition) is 4. The van der Waals surface area contributed by atoms with Gasteiger partial charge in [0, 0.05) is 5.69 Å². The zero-order valence-electron chi connectivity index (χ0n) is 9.14. The highest BCUT2D eigenvalue weighted by atomic mass is 16.5. The Labute approximate surface area is 94.3 Å². The number of aliphatic hydroxyl groups is 1. The standard InChI is InChI=1S/C12H15NO3/c1-2-16-12(15)10-8-9(4-3-7-14)5-6-11(10)13/h3-6,8,14H,2,7,13H2,1H3. The normalized spacial score (nSPS) is 10.6. The minimum atomic E-state index is -0.431. The Morgan fingerprint density at radius 3 is 2.94 bits per heavy atom. The van der Waals surface area contributed by atoms with Crippen LogP contribution in [0.4, 0.5) is 5.69 Å². The van der Waals surface area contributed by atoms with Gasteiger partial charge < -0.3 is 15.6 Å². The third kappa shape index (κ3) is 3.10. The summed E-state index contributed by atoms with van der Waals surface area (Å²) in [6.45, 7) is 2.01. The first-order valence-electron chi connectivity index (χ1n) is 5.03. The van der Waals surface area contributed by atoms with Crippen molar-refractivity contribution < 1.29 is 14.6 Å². The molecule has 1 aromatic rings. The highest BCUT2D eigenvalue weighted by molar-refractivity contribution is 5.95. The summed E-state index contributed by atoms with van der Waals surface area (Å²) in [5.41, 5.74) is 7.21. The first-order valence-corrected chi connectivity index (χ1v) is 5.03. The summed E-state index contributed by atoms with van der Waals surface area (Å²) in [5.74, 6) is -0.431. The zero-order chi connectivity index (χ0) is 12.0. The van der Waals surface area contributed by atoms with Gasteiger partial charge in [-0.1, -0.05) is 18.2 Å². The fourth-order valence-corrected chi connectivity index (χ4v) is 1.25. The lowest BCUT2D eigenvalue weighted by Crippen LogP contribution is -2.08. The van der Waals surface area contributed by atoms with Crippen LogP contribution in [0.2, 0.25) is 0 Å². The molecule has 0 aliphatic heterocycles. The number of nitrogens with two attached hydrogens (primary N) is 1. The number of carbonyl (C=O) groups excluding carboxylic acids is 1. The Hall–Kier alpha value is -1.81. The van der Waals surface area contributed by atoms with Crippen LogP contribution in [0.3, 0.4) is 0 Å². The molecule has 1 aromatic carbocycles. The highest BCUT2D eigenvalue weighted by Crippen LogP contribution is 2.16. The molecule has 0 atom stereocenters. The van der Waals surface area contributed by atoms with Gasteiger partial charge in [0.1, 0.15) is 0 Å². The fourth-order valence-electron chi connectivity index (χ4n) is 1.25. The summed E-state index contributed by atoms with van der Waals surface area (Å²) in [6.07, 6.45) is 3.29. The smallest absolute Gasteiger partial charge is 0.340 e. The number of esters is 1. The monoisotopic (exact) mass is 221 g/mol. The molecule has 4 heteroatoms. The van der Waals surface area contributed by atoms with Gasteiger partial charge in [-0.3, -0.25) is 0 Å². The van der Waals surface area contributed by atoms with E-state index in [1.807, 2.05) is 0 Å². The molecular weight excluding hydrogens is 206 g/mol. The van der Waals surface area contributed by atoms with E-state index in [1.54, 1.807) is 37.3 Å². The zero-order valence-corrected chi connectivity index (χ0v) is 9.14. The van der Waals surface area contributed by atoms with E-state index in [-0.39, 0.29) is 6.61 Å². The maximum atomic E-state index is 11.5. The Morgan fingerprint density at radius 1 is 1.56 bits per heavy atom. The molecule has 86 valence electrons. The van der Waals surface area contributed by atoms with E-state index in [2.05, 4.69) is 0 Å². The Bertz CT molecular complexity index is 399. The van der Waals surface area contributed by atoms with Crippen LogP contribution in [-0.4, -0.2) is 24.3 Å². The van der Waals surface area contributed by atoms with Gasteiger partial charge in [-0.15, -0.1) is 0 Å². The summed E-state index contributed by atoms with van der Waals surface area (Å²) < 4.78 is 4.88. The summed E-state index contributed by atoms with van der Waals surface area (Å²) >= 11 is 0. The molecule has 0 aliphatic rings. The van der Waals surface area contributed by atoms with E-state index in [0.717, 1.165) is 5.56 Å². The molecule has 3 N–H and O–H groups in total. The van der Waals surface area contributed by atoms with Gasteiger partial charge >= 0.3 is 5.97 Å². The first kappa shape index (κ1) is 12.3. The molecule has 0 radical (unpaired) electrons. The van der Waals surface area contributed by atoms with Gasteiger partial charge in [-0.05, 0) is 24.6 Å². The molecule has 0 fully saturated rings. The largest absolute Gasteiger partial charge is 0.462 e. The third-order valence-electron chi connectivity index (χ3n) is 1.99. The molecule has 0 unspecified atom stereocenters. The van der Waals surface area contributed by atoms with Crippen molar-refractivity contribution in [2.45, 2.75) is 6.92 Å². The van der Waals surface area contributed by atoms with Gasteiger partial charge in [0.25, 0.3) is 0 Å². The van der Waals surface area contributed by atoms with Crippen LogP contribution in [0.15, 0.2) is 24.3 Å². The van der Waals surface area contributed by atoms with E-state index in [0.29, 0.717) is 17.9 Å². The third-order valence-corrected chi connectivity index (χ3v) is 1.99. The minimum absolute atomic E-state index is 0.0425. The van der Waals surface area contributed by atoms with Gasteiger partial charge in [0.2, 0.25) is 0 Å². The second kappa shape index (κ2) is 5.92. The Kier molecular flexibility index (Phi) is 4.54. The van der Waals surface area contributed by atoms with Crippen molar-refractivity contribution >= 4 is 17.7 Å². The average molecular weight is 221 g/mol. The van der Waals surface area contributed by atoms with E-state index in [1.165, 1.54) is 0 Å². The molecule has 0 aromatic heterocycles. The molecule has 0 spiro atoms. The van der Waals surface area contributed by atoms with Crippen molar-refractivity contribution in [1.82, 2.24) is 0 Å². The van der Waals surface area contributed by atoms with Crippen LogP contribution < -0.4 is 5.73 Å². The van der Waals surface area contributed by atoms with Crippen molar-refractivity contribution in [3.8, 4) is 0 Å². The molecular formula is C12H15NO3. The van der Waals surface area contributed by atoms with Gasteiger partial charge in [-0.2, -0.15) is 0 Å². The lowest BCUT2D eigenvalue weighted by molar-refractivity contribution is 0.0527. The molecule has 0 bridgehead atoms. The van der Waals surface area contributed by atoms with Crippen LogP contribution in [0, 0.1) is 0 Å².